The van der Waals surface area contributed by atoms with Gasteiger partial charge in [-0.05, 0) is 37.1 Å². The lowest BCUT2D eigenvalue weighted by atomic mass is 10.1. The zero-order valence-corrected chi connectivity index (χ0v) is 13.9. The molecule has 1 aromatic rings. The van der Waals surface area contributed by atoms with Crippen LogP contribution in [0.15, 0.2) is 18.2 Å². The molecule has 23 heavy (non-hydrogen) atoms. The second-order valence-electron chi connectivity index (χ2n) is 5.98. The number of likely N-dealkylation sites (tertiary alicyclic amines) is 1. The Balaban J connectivity index is 1.89. The quantitative estimate of drug-likeness (QED) is 0.853. The maximum atomic E-state index is 12.3. The summed E-state index contributed by atoms with van der Waals surface area (Å²) < 4.78 is 10.9. The van der Waals surface area contributed by atoms with E-state index in [1.165, 1.54) is 4.90 Å². The van der Waals surface area contributed by atoms with Gasteiger partial charge >= 0.3 is 0 Å². The Morgan fingerprint density at radius 2 is 1.91 bits per heavy atom. The highest BCUT2D eigenvalue weighted by molar-refractivity contribution is 5.87. The number of carbonyl (C=O) groups excluding carboxylic acids is 2. The fourth-order valence-electron chi connectivity index (χ4n) is 2.93. The van der Waals surface area contributed by atoms with Gasteiger partial charge in [0.2, 0.25) is 11.8 Å². The van der Waals surface area contributed by atoms with Crippen LogP contribution in [0.4, 0.5) is 0 Å². The molecular weight excluding hydrogens is 296 g/mol. The number of ether oxygens (including phenoxy) is 2. The van der Waals surface area contributed by atoms with Crippen molar-refractivity contribution < 1.29 is 19.1 Å². The first-order valence-corrected chi connectivity index (χ1v) is 7.73. The van der Waals surface area contributed by atoms with E-state index in [2.05, 4.69) is 6.07 Å². The van der Waals surface area contributed by atoms with Crippen molar-refractivity contribution in [2.24, 2.45) is 5.73 Å². The van der Waals surface area contributed by atoms with E-state index >= 15 is 0 Å². The average Bonchev–Trinajstić information content (AvgIpc) is 2.90. The third-order valence-electron chi connectivity index (χ3n) is 4.02. The van der Waals surface area contributed by atoms with E-state index in [0.717, 1.165) is 16.9 Å². The summed E-state index contributed by atoms with van der Waals surface area (Å²) in [7, 11) is 1.57. The number of methoxy groups -OCH3 is 1. The zero-order chi connectivity index (χ0) is 17.0. The predicted molar refractivity (Wildman–Crippen MR) is 86.1 cm³/mol. The van der Waals surface area contributed by atoms with Crippen LogP contribution in [0.3, 0.4) is 0 Å². The van der Waals surface area contributed by atoms with E-state index in [4.69, 9.17) is 15.2 Å². The minimum atomic E-state index is -0.589. The Kier molecular flexibility index (Phi) is 5.60. The first-order valence-electron chi connectivity index (χ1n) is 7.73. The van der Waals surface area contributed by atoms with Crippen molar-refractivity contribution in [2.75, 3.05) is 20.3 Å². The lowest BCUT2D eigenvalue weighted by Crippen LogP contribution is -2.44. The summed E-state index contributed by atoms with van der Waals surface area (Å²) in [4.78, 5) is 25.3. The van der Waals surface area contributed by atoms with Crippen LogP contribution < -0.4 is 10.5 Å². The summed E-state index contributed by atoms with van der Waals surface area (Å²) in [5.74, 6) is 0.115. The maximum Gasteiger partial charge on any atom is 0.240 e. The van der Waals surface area contributed by atoms with Gasteiger partial charge in [0.1, 0.15) is 11.8 Å². The van der Waals surface area contributed by atoms with Crippen molar-refractivity contribution >= 4 is 11.8 Å². The van der Waals surface area contributed by atoms with Gasteiger partial charge in [-0.2, -0.15) is 0 Å². The molecule has 2 rings (SSSR count). The van der Waals surface area contributed by atoms with Crippen molar-refractivity contribution in [3.8, 4) is 5.75 Å². The molecule has 0 unspecified atom stereocenters. The van der Waals surface area contributed by atoms with Gasteiger partial charge in [0.25, 0.3) is 0 Å². The van der Waals surface area contributed by atoms with Crippen LogP contribution in [0.1, 0.15) is 24.0 Å². The third kappa shape index (κ3) is 4.45. The van der Waals surface area contributed by atoms with Crippen LogP contribution in [0.2, 0.25) is 0 Å². The summed E-state index contributed by atoms with van der Waals surface area (Å²) in [6.45, 7) is 4.66. The molecule has 6 nitrogen and oxygen atoms in total. The SMILES string of the molecule is CO[C@H]1C[C@@H](C(N)=O)N(C(=O)CCOc2cc(C)cc(C)c2)C1. The molecule has 2 atom stereocenters. The van der Waals surface area contributed by atoms with Crippen LogP contribution in [0, 0.1) is 13.8 Å². The molecule has 2 amide bonds. The topological polar surface area (TPSA) is 81.9 Å². The first-order chi connectivity index (χ1) is 10.9. The molecule has 1 aliphatic heterocycles. The molecule has 0 aliphatic carbocycles. The van der Waals surface area contributed by atoms with Gasteiger partial charge in [-0.15, -0.1) is 0 Å². The fourth-order valence-corrected chi connectivity index (χ4v) is 2.93. The Morgan fingerprint density at radius 3 is 2.48 bits per heavy atom. The number of nitrogens with two attached hydrogens (primary N) is 1. The second kappa shape index (κ2) is 7.46. The number of aryl methyl sites for hydroxylation is 2. The minimum absolute atomic E-state index is 0.141. The molecule has 1 saturated heterocycles. The van der Waals surface area contributed by atoms with Gasteiger partial charge in [0.15, 0.2) is 0 Å². The zero-order valence-electron chi connectivity index (χ0n) is 13.9. The predicted octanol–water partition coefficient (Wildman–Crippen LogP) is 1.17. The van der Waals surface area contributed by atoms with E-state index < -0.39 is 11.9 Å². The van der Waals surface area contributed by atoms with Gasteiger partial charge in [0.05, 0.1) is 19.1 Å². The van der Waals surface area contributed by atoms with E-state index in [1.807, 2.05) is 26.0 Å². The smallest absolute Gasteiger partial charge is 0.240 e. The van der Waals surface area contributed by atoms with E-state index in [1.54, 1.807) is 7.11 Å². The number of benzene rings is 1. The molecule has 0 spiro atoms. The minimum Gasteiger partial charge on any atom is -0.493 e. The summed E-state index contributed by atoms with van der Waals surface area (Å²) in [6.07, 6.45) is 0.514. The highest BCUT2D eigenvalue weighted by Crippen LogP contribution is 2.21. The molecule has 1 aromatic carbocycles. The van der Waals surface area contributed by atoms with Crippen LogP contribution >= 0.6 is 0 Å². The molecular formula is C17H24N2O4. The normalized spacial score (nSPS) is 20.6. The summed E-state index contributed by atoms with van der Waals surface area (Å²) in [5.41, 5.74) is 7.60. The van der Waals surface area contributed by atoms with Crippen molar-refractivity contribution in [3.05, 3.63) is 29.3 Å². The monoisotopic (exact) mass is 320 g/mol. The molecule has 1 heterocycles. The number of rotatable bonds is 6. The maximum absolute atomic E-state index is 12.3. The van der Waals surface area contributed by atoms with E-state index in [-0.39, 0.29) is 25.0 Å². The van der Waals surface area contributed by atoms with Crippen LogP contribution in [-0.2, 0) is 14.3 Å². The summed E-state index contributed by atoms with van der Waals surface area (Å²) >= 11 is 0. The van der Waals surface area contributed by atoms with Gasteiger partial charge in [-0.25, -0.2) is 0 Å². The molecule has 126 valence electrons. The second-order valence-corrected chi connectivity index (χ2v) is 5.98. The average molecular weight is 320 g/mol. The van der Waals surface area contributed by atoms with Gasteiger partial charge < -0.3 is 20.1 Å². The van der Waals surface area contributed by atoms with Crippen molar-refractivity contribution in [1.82, 2.24) is 4.90 Å². The Hall–Kier alpha value is -2.08. The molecule has 0 saturated carbocycles. The van der Waals surface area contributed by atoms with Gasteiger partial charge in [-0.1, -0.05) is 6.07 Å². The Bertz CT molecular complexity index is 568. The number of carbonyl (C=O) groups is 2. The number of hydrogen-bond donors (Lipinski definition) is 1. The highest BCUT2D eigenvalue weighted by atomic mass is 16.5. The molecule has 1 fully saturated rings. The first kappa shape index (κ1) is 17.3. The molecule has 1 aliphatic rings. The standard InChI is InChI=1S/C17H24N2O4/c1-11-6-12(2)8-13(7-11)23-5-4-16(20)19-10-14(22-3)9-15(19)17(18)21/h6-8,14-15H,4-5,9-10H2,1-3H3,(H2,18,21)/t14-,15-/m0/s1. The van der Waals surface area contributed by atoms with E-state index in [0.29, 0.717) is 13.0 Å². The molecule has 0 radical (unpaired) electrons. The number of hydrogen-bond acceptors (Lipinski definition) is 4. The third-order valence-corrected chi connectivity index (χ3v) is 4.02. The Morgan fingerprint density at radius 1 is 1.26 bits per heavy atom. The van der Waals surface area contributed by atoms with Crippen molar-refractivity contribution in [3.63, 3.8) is 0 Å². The highest BCUT2D eigenvalue weighted by Gasteiger charge is 2.38. The summed E-state index contributed by atoms with van der Waals surface area (Å²) in [5, 5.41) is 0. The van der Waals surface area contributed by atoms with Crippen LogP contribution in [-0.4, -0.2) is 49.1 Å². The van der Waals surface area contributed by atoms with Gasteiger partial charge in [0, 0.05) is 20.1 Å². The Labute approximate surface area is 136 Å². The number of amides is 2. The molecule has 0 bridgehead atoms. The fraction of sp³-hybridized carbons (Fsp3) is 0.529. The number of primary amides is 1. The molecule has 0 aromatic heterocycles. The molecule has 6 heteroatoms. The lowest BCUT2D eigenvalue weighted by Gasteiger charge is -2.22. The molecule has 2 N–H and O–H groups in total. The van der Waals surface area contributed by atoms with Gasteiger partial charge in [-0.3, -0.25) is 9.59 Å². The number of nitrogens with zero attached hydrogens (tertiary/aromatic N) is 1. The van der Waals surface area contributed by atoms with Crippen LogP contribution in [0.25, 0.3) is 0 Å². The van der Waals surface area contributed by atoms with Crippen molar-refractivity contribution in [1.29, 1.82) is 0 Å². The van der Waals surface area contributed by atoms with E-state index in [9.17, 15) is 9.59 Å². The van der Waals surface area contributed by atoms with Crippen LogP contribution in [0.5, 0.6) is 5.75 Å². The van der Waals surface area contributed by atoms with Crippen molar-refractivity contribution in [2.45, 2.75) is 38.8 Å². The largest absolute Gasteiger partial charge is 0.493 e. The lowest BCUT2D eigenvalue weighted by molar-refractivity contribution is -0.137. The summed E-state index contributed by atoms with van der Waals surface area (Å²) in [6, 6.07) is 5.33.